The van der Waals surface area contributed by atoms with Gasteiger partial charge < -0.3 is 9.47 Å². The van der Waals surface area contributed by atoms with Gasteiger partial charge in [0.25, 0.3) is 0 Å². The fourth-order valence-electron chi connectivity index (χ4n) is 4.81. The Morgan fingerprint density at radius 2 is 1.31 bits per heavy atom. The number of hydrogen-bond donors (Lipinski definition) is 0. The number of para-hydroxylation sites is 1. The molecule has 0 bridgehead atoms. The standard InChI is InChI=1S/C37H34N3O2/c1-37(2,3)30-23-31(40-19-18-39(4)26-40)25-35(24-30)42-34-15-9-11-29(21-34)36-22-28(16-17-38-36)27-10-8-14-33(20-27)41-32-12-6-5-7-13-32/h5-26H,1-4H3/q+1. The maximum absolute atomic E-state index is 6.47. The zero-order valence-corrected chi connectivity index (χ0v) is 24.4. The number of hydrogen-bond acceptors (Lipinski definition) is 3. The molecule has 2 heterocycles. The minimum Gasteiger partial charge on any atom is -0.457 e. The number of imidazole rings is 1. The molecule has 6 aromatic rings. The molecule has 0 fully saturated rings. The summed E-state index contributed by atoms with van der Waals surface area (Å²) >= 11 is 0. The van der Waals surface area contributed by atoms with Gasteiger partial charge in [-0.3, -0.25) is 4.98 Å². The van der Waals surface area contributed by atoms with Crippen LogP contribution < -0.4 is 14.0 Å². The minimum absolute atomic E-state index is 0.0287. The van der Waals surface area contributed by atoms with Crippen LogP contribution in [0.5, 0.6) is 23.0 Å². The molecule has 0 saturated carbocycles. The smallest absolute Gasteiger partial charge is 0.248 e. The monoisotopic (exact) mass is 552 g/mol. The number of benzene rings is 4. The van der Waals surface area contributed by atoms with Crippen LogP contribution in [0.15, 0.2) is 134 Å². The summed E-state index contributed by atoms with van der Waals surface area (Å²) in [5, 5.41) is 0. The number of aromatic nitrogens is 3. The molecule has 0 aliphatic rings. The van der Waals surface area contributed by atoms with Crippen molar-refractivity contribution < 1.29 is 14.0 Å². The van der Waals surface area contributed by atoms with Crippen LogP contribution >= 0.6 is 0 Å². The van der Waals surface area contributed by atoms with Crippen molar-refractivity contribution in [3.63, 3.8) is 0 Å². The van der Waals surface area contributed by atoms with E-state index in [1.807, 2.05) is 103 Å². The molecule has 5 nitrogen and oxygen atoms in total. The summed E-state index contributed by atoms with van der Waals surface area (Å²) in [6.07, 6.45) is 7.98. The molecule has 0 aliphatic heterocycles. The van der Waals surface area contributed by atoms with Gasteiger partial charge >= 0.3 is 0 Å². The molecule has 0 amide bonds. The number of pyridine rings is 1. The van der Waals surface area contributed by atoms with Gasteiger partial charge in [0.2, 0.25) is 6.33 Å². The van der Waals surface area contributed by atoms with E-state index in [9.17, 15) is 0 Å². The van der Waals surface area contributed by atoms with Gasteiger partial charge in [0.15, 0.2) is 0 Å². The van der Waals surface area contributed by atoms with Gasteiger partial charge in [0.1, 0.15) is 41.1 Å². The molecule has 42 heavy (non-hydrogen) atoms. The van der Waals surface area contributed by atoms with E-state index in [2.05, 4.69) is 72.8 Å². The molecule has 5 heteroatoms. The maximum atomic E-state index is 6.47. The molecule has 0 spiro atoms. The maximum Gasteiger partial charge on any atom is 0.248 e. The molecule has 2 aromatic heterocycles. The van der Waals surface area contributed by atoms with Crippen molar-refractivity contribution in [3.8, 4) is 51.1 Å². The second kappa shape index (κ2) is 11.4. The van der Waals surface area contributed by atoms with Crippen molar-refractivity contribution in [3.05, 3.63) is 140 Å². The summed E-state index contributed by atoms with van der Waals surface area (Å²) in [6.45, 7) is 6.65. The van der Waals surface area contributed by atoms with Crippen LogP contribution in [0.4, 0.5) is 0 Å². The Kier molecular flexibility index (Phi) is 7.32. The lowest BCUT2D eigenvalue weighted by Crippen LogP contribution is -2.23. The quantitative estimate of drug-likeness (QED) is 0.186. The van der Waals surface area contributed by atoms with Gasteiger partial charge in [-0.15, -0.1) is 0 Å². The van der Waals surface area contributed by atoms with Gasteiger partial charge in [-0.1, -0.05) is 63.2 Å². The molecule has 0 atom stereocenters. The number of ether oxygens (including phenoxy) is 2. The third-order valence-corrected chi connectivity index (χ3v) is 7.10. The Morgan fingerprint density at radius 1 is 0.643 bits per heavy atom. The summed E-state index contributed by atoms with van der Waals surface area (Å²) < 4.78 is 16.7. The first kappa shape index (κ1) is 27.0. The van der Waals surface area contributed by atoms with E-state index in [4.69, 9.17) is 9.47 Å². The highest BCUT2D eigenvalue weighted by Crippen LogP contribution is 2.34. The van der Waals surface area contributed by atoms with Gasteiger partial charge in [-0.05, 0) is 82.8 Å². The van der Waals surface area contributed by atoms with Gasteiger partial charge in [0.05, 0.1) is 12.7 Å². The predicted molar refractivity (Wildman–Crippen MR) is 167 cm³/mol. The van der Waals surface area contributed by atoms with E-state index in [-0.39, 0.29) is 5.41 Å². The summed E-state index contributed by atoms with van der Waals surface area (Å²) in [7, 11) is 2.02. The first-order chi connectivity index (χ1) is 20.3. The van der Waals surface area contributed by atoms with Crippen LogP contribution in [0.2, 0.25) is 0 Å². The van der Waals surface area contributed by atoms with Gasteiger partial charge in [-0.25, -0.2) is 9.13 Å². The van der Waals surface area contributed by atoms with Crippen molar-refractivity contribution in [1.82, 2.24) is 9.55 Å². The highest BCUT2D eigenvalue weighted by Gasteiger charge is 2.19. The van der Waals surface area contributed by atoms with E-state index in [0.717, 1.165) is 51.1 Å². The topological polar surface area (TPSA) is 40.2 Å². The molecule has 0 radical (unpaired) electrons. The lowest BCUT2D eigenvalue weighted by Gasteiger charge is -2.20. The lowest BCUT2D eigenvalue weighted by atomic mass is 9.86. The normalized spacial score (nSPS) is 11.3. The Bertz CT molecular complexity index is 1830. The van der Waals surface area contributed by atoms with Crippen molar-refractivity contribution >= 4 is 0 Å². The van der Waals surface area contributed by atoms with Crippen LogP contribution in [0.1, 0.15) is 26.3 Å². The van der Waals surface area contributed by atoms with E-state index in [1.165, 1.54) is 5.56 Å². The summed E-state index contributed by atoms with van der Waals surface area (Å²) in [6, 6.07) is 36.6. The first-order valence-corrected chi connectivity index (χ1v) is 14.1. The Hall–Kier alpha value is -5.16. The molecule has 4 aromatic carbocycles. The number of nitrogens with zero attached hydrogens (tertiary/aromatic N) is 3. The fraction of sp³-hybridized carbons (Fsp3) is 0.135. The van der Waals surface area contributed by atoms with Crippen LogP contribution in [0.3, 0.4) is 0 Å². The molecule has 208 valence electrons. The summed E-state index contributed by atoms with van der Waals surface area (Å²) in [5.74, 6) is 3.15. The Labute approximate surface area is 247 Å². The van der Waals surface area contributed by atoms with Crippen molar-refractivity contribution in [2.75, 3.05) is 0 Å². The first-order valence-electron chi connectivity index (χ1n) is 14.1. The minimum atomic E-state index is -0.0287. The van der Waals surface area contributed by atoms with Gasteiger partial charge in [0, 0.05) is 17.8 Å². The highest BCUT2D eigenvalue weighted by atomic mass is 16.5. The van der Waals surface area contributed by atoms with Crippen molar-refractivity contribution in [1.29, 1.82) is 0 Å². The third kappa shape index (κ3) is 6.26. The molecular weight excluding hydrogens is 518 g/mol. The molecule has 0 aliphatic carbocycles. The SMILES string of the molecule is C[n+]1ccn(-c2cc(Oc3cccc(-c4cc(-c5cccc(Oc6ccccc6)c5)ccn4)c3)cc(C(C)(C)C)c2)c1. The average molecular weight is 553 g/mol. The zero-order valence-electron chi connectivity index (χ0n) is 24.4. The molecule has 0 saturated heterocycles. The fourth-order valence-corrected chi connectivity index (χ4v) is 4.81. The van der Waals surface area contributed by atoms with Crippen LogP contribution in [0.25, 0.3) is 28.1 Å². The predicted octanol–water partition coefficient (Wildman–Crippen LogP) is 8.91. The highest BCUT2D eigenvalue weighted by molar-refractivity contribution is 5.72. The molecular formula is C37H34N3O2+. The molecule has 0 unspecified atom stereocenters. The van der Waals surface area contributed by atoms with Gasteiger partial charge in [-0.2, -0.15) is 0 Å². The Morgan fingerprint density at radius 3 is 2.02 bits per heavy atom. The molecule has 0 N–H and O–H groups in total. The second-order valence-electron chi connectivity index (χ2n) is 11.5. The van der Waals surface area contributed by atoms with Crippen molar-refractivity contribution in [2.24, 2.45) is 7.05 Å². The largest absolute Gasteiger partial charge is 0.457 e. The number of rotatable bonds is 7. The van der Waals surface area contributed by atoms with E-state index in [1.54, 1.807) is 0 Å². The summed E-state index contributed by atoms with van der Waals surface area (Å²) in [5.41, 5.74) is 6.21. The average Bonchev–Trinajstić information content (AvgIpc) is 3.44. The van der Waals surface area contributed by atoms with E-state index < -0.39 is 0 Å². The lowest BCUT2D eigenvalue weighted by molar-refractivity contribution is -0.670. The third-order valence-electron chi connectivity index (χ3n) is 7.10. The van der Waals surface area contributed by atoms with Crippen molar-refractivity contribution in [2.45, 2.75) is 26.2 Å². The van der Waals surface area contributed by atoms with Crippen LogP contribution in [-0.2, 0) is 12.5 Å². The van der Waals surface area contributed by atoms with Crippen LogP contribution in [-0.4, -0.2) is 9.55 Å². The second-order valence-corrected chi connectivity index (χ2v) is 11.5. The zero-order chi connectivity index (χ0) is 29.1. The van der Waals surface area contributed by atoms with Crippen LogP contribution in [0, 0.1) is 0 Å². The Balaban J connectivity index is 1.28. The van der Waals surface area contributed by atoms with E-state index >= 15 is 0 Å². The molecule has 6 rings (SSSR count). The summed E-state index contributed by atoms with van der Waals surface area (Å²) in [4.78, 5) is 4.68. The number of aryl methyl sites for hydroxylation is 1. The van der Waals surface area contributed by atoms with E-state index in [0.29, 0.717) is 0 Å².